The Morgan fingerprint density at radius 1 is 1.22 bits per heavy atom. The van der Waals surface area contributed by atoms with Gasteiger partial charge in [-0.1, -0.05) is 41.9 Å². The molecule has 0 spiro atoms. The van der Waals surface area contributed by atoms with Gasteiger partial charge in [-0.2, -0.15) is 0 Å². The van der Waals surface area contributed by atoms with Gasteiger partial charge in [0.05, 0.1) is 11.6 Å². The number of carbonyl (C=O) groups excluding carboxylic acids is 2. The van der Waals surface area contributed by atoms with E-state index in [1.807, 2.05) is 37.3 Å². The lowest BCUT2D eigenvalue weighted by Gasteiger charge is -2.15. The topological polar surface area (TPSA) is 81.4 Å². The maximum Gasteiger partial charge on any atom is 0.258 e. The molecule has 0 heterocycles. The van der Waals surface area contributed by atoms with Crippen molar-refractivity contribution in [1.82, 2.24) is 5.32 Å². The monoisotopic (exact) mass is 332 g/mol. The van der Waals surface area contributed by atoms with Crippen molar-refractivity contribution in [2.45, 2.75) is 13.0 Å². The summed E-state index contributed by atoms with van der Waals surface area (Å²) in [5, 5.41) is 3.21. The van der Waals surface area contributed by atoms with Crippen LogP contribution in [0.5, 0.6) is 5.75 Å². The first-order valence-corrected chi connectivity index (χ1v) is 7.41. The number of ether oxygens (including phenoxy) is 1. The molecule has 2 aromatic rings. The highest BCUT2D eigenvalue weighted by molar-refractivity contribution is 6.30. The molecule has 5 nitrogen and oxygen atoms in total. The average Bonchev–Trinajstić information content (AvgIpc) is 2.53. The van der Waals surface area contributed by atoms with Crippen molar-refractivity contribution in [3.63, 3.8) is 0 Å². The Bertz CT molecular complexity index is 704. The van der Waals surface area contributed by atoms with Gasteiger partial charge < -0.3 is 15.8 Å². The molecule has 0 bridgehead atoms. The van der Waals surface area contributed by atoms with Crippen LogP contribution in [0.4, 0.5) is 0 Å². The van der Waals surface area contributed by atoms with Crippen LogP contribution in [-0.4, -0.2) is 18.4 Å². The fraction of sp³-hybridized carbons (Fsp3) is 0.176. The minimum Gasteiger partial charge on any atom is -0.483 e. The molecule has 0 saturated heterocycles. The summed E-state index contributed by atoms with van der Waals surface area (Å²) in [6, 6.07) is 13.9. The zero-order valence-electron chi connectivity index (χ0n) is 12.6. The molecule has 2 rings (SSSR count). The van der Waals surface area contributed by atoms with E-state index < -0.39 is 5.91 Å². The molecule has 23 heavy (non-hydrogen) atoms. The molecular weight excluding hydrogens is 316 g/mol. The van der Waals surface area contributed by atoms with Crippen LogP contribution in [0.1, 0.15) is 28.9 Å². The summed E-state index contributed by atoms with van der Waals surface area (Å²) < 4.78 is 5.38. The van der Waals surface area contributed by atoms with E-state index in [1.165, 1.54) is 18.2 Å². The molecular formula is C17H17ClN2O3. The highest BCUT2D eigenvalue weighted by atomic mass is 35.5. The number of benzene rings is 2. The van der Waals surface area contributed by atoms with E-state index in [9.17, 15) is 9.59 Å². The maximum atomic E-state index is 12.0. The molecule has 120 valence electrons. The van der Waals surface area contributed by atoms with Gasteiger partial charge in [-0.25, -0.2) is 0 Å². The van der Waals surface area contributed by atoms with Crippen molar-refractivity contribution in [2.24, 2.45) is 5.73 Å². The van der Waals surface area contributed by atoms with Gasteiger partial charge in [0.2, 0.25) is 0 Å². The first kappa shape index (κ1) is 16.8. The van der Waals surface area contributed by atoms with E-state index >= 15 is 0 Å². The standard InChI is InChI=1S/C17H17ClN2O3/c1-11(12-5-3-2-4-6-12)20-16(21)10-23-15-9-13(18)7-8-14(15)17(19)22/h2-9,11H,10H2,1H3,(H2,19,22)(H,20,21)/t11-/m0/s1. The van der Waals surface area contributed by atoms with Crippen molar-refractivity contribution >= 4 is 23.4 Å². The van der Waals surface area contributed by atoms with E-state index in [-0.39, 0.29) is 29.9 Å². The van der Waals surface area contributed by atoms with Crippen LogP contribution in [0.3, 0.4) is 0 Å². The minimum atomic E-state index is -0.644. The first-order valence-electron chi connectivity index (χ1n) is 7.04. The number of primary amides is 1. The van der Waals surface area contributed by atoms with Crippen LogP contribution >= 0.6 is 11.6 Å². The van der Waals surface area contributed by atoms with Crippen LogP contribution in [0, 0.1) is 0 Å². The van der Waals surface area contributed by atoms with Crippen LogP contribution in [0.15, 0.2) is 48.5 Å². The number of carbonyl (C=O) groups is 2. The van der Waals surface area contributed by atoms with Crippen molar-refractivity contribution in [2.75, 3.05) is 6.61 Å². The number of hydrogen-bond acceptors (Lipinski definition) is 3. The van der Waals surface area contributed by atoms with Gasteiger partial charge in [0.1, 0.15) is 5.75 Å². The molecule has 1 atom stereocenters. The Labute approximate surface area is 139 Å². The van der Waals surface area contributed by atoms with Crippen LogP contribution in [0.25, 0.3) is 0 Å². The molecule has 0 aliphatic heterocycles. The van der Waals surface area contributed by atoms with Gasteiger partial charge in [-0.15, -0.1) is 0 Å². The summed E-state index contributed by atoms with van der Waals surface area (Å²) in [4.78, 5) is 23.3. The van der Waals surface area contributed by atoms with E-state index in [0.717, 1.165) is 5.56 Å². The van der Waals surface area contributed by atoms with Gasteiger partial charge >= 0.3 is 0 Å². The normalized spacial score (nSPS) is 11.6. The molecule has 2 amide bonds. The summed E-state index contributed by atoms with van der Waals surface area (Å²) in [5.74, 6) is -0.765. The summed E-state index contributed by atoms with van der Waals surface area (Å²) in [6.07, 6.45) is 0. The molecule has 0 aliphatic rings. The fourth-order valence-corrected chi connectivity index (χ4v) is 2.23. The number of rotatable bonds is 6. The highest BCUT2D eigenvalue weighted by Crippen LogP contribution is 2.23. The van der Waals surface area contributed by atoms with Gasteiger partial charge in [-0.05, 0) is 30.7 Å². The fourth-order valence-electron chi connectivity index (χ4n) is 2.07. The molecule has 0 saturated carbocycles. The lowest BCUT2D eigenvalue weighted by atomic mass is 10.1. The molecule has 3 N–H and O–H groups in total. The smallest absolute Gasteiger partial charge is 0.258 e. The van der Waals surface area contributed by atoms with Gasteiger partial charge in [-0.3, -0.25) is 9.59 Å². The van der Waals surface area contributed by atoms with Crippen LogP contribution < -0.4 is 15.8 Å². The Morgan fingerprint density at radius 2 is 1.91 bits per heavy atom. The molecule has 0 aliphatic carbocycles. The number of nitrogens with one attached hydrogen (secondary N) is 1. The third-order valence-electron chi connectivity index (χ3n) is 3.24. The SMILES string of the molecule is C[C@H](NC(=O)COc1cc(Cl)ccc1C(N)=O)c1ccccc1. The summed E-state index contributed by atoms with van der Waals surface area (Å²) >= 11 is 5.87. The van der Waals surface area contributed by atoms with E-state index in [2.05, 4.69) is 5.32 Å². The summed E-state index contributed by atoms with van der Waals surface area (Å²) in [7, 11) is 0. The molecule has 0 unspecified atom stereocenters. The maximum absolute atomic E-state index is 12.0. The van der Waals surface area contributed by atoms with Gasteiger partial charge in [0, 0.05) is 5.02 Å². The minimum absolute atomic E-state index is 0.151. The number of halogens is 1. The molecule has 0 fully saturated rings. The van der Waals surface area contributed by atoms with Crippen LogP contribution in [-0.2, 0) is 4.79 Å². The molecule has 0 radical (unpaired) electrons. The quantitative estimate of drug-likeness (QED) is 0.853. The Kier molecular flexibility index (Phi) is 5.60. The zero-order chi connectivity index (χ0) is 16.8. The molecule has 2 aromatic carbocycles. The van der Waals surface area contributed by atoms with Crippen molar-refractivity contribution in [3.8, 4) is 5.75 Å². The van der Waals surface area contributed by atoms with Crippen molar-refractivity contribution in [3.05, 3.63) is 64.7 Å². The van der Waals surface area contributed by atoms with Crippen molar-refractivity contribution < 1.29 is 14.3 Å². The molecule has 0 aromatic heterocycles. The second kappa shape index (κ2) is 7.65. The van der Waals surface area contributed by atoms with Gasteiger partial charge in [0.25, 0.3) is 11.8 Å². The number of hydrogen-bond donors (Lipinski definition) is 2. The third kappa shape index (κ3) is 4.72. The third-order valence-corrected chi connectivity index (χ3v) is 3.48. The predicted molar refractivity (Wildman–Crippen MR) is 88.5 cm³/mol. The largest absolute Gasteiger partial charge is 0.483 e. The lowest BCUT2D eigenvalue weighted by molar-refractivity contribution is -0.123. The van der Waals surface area contributed by atoms with Gasteiger partial charge in [0.15, 0.2) is 6.61 Å². The average molecular weight is 333 g/mol. The zero-order valence-corrected chi connectivity index (χ0v) is 13.3. The Balaban J connectivity index is 1.97. The van der Waals surface area contributed by atoms with E-state index in [4.69, 9.17) is 22.1 Å². The Morgan fingerprint density at radius 3 is 2.57 bits per heavy atom. The van der Waals surface area contributed by atoms with E-state index in [1.54, 1.807) is 0 Å². The number of nitrogens with two attached hydrogens (primary N) is 1. The Hall–Kier alpha value is -2.53. The first-order chi connectivity index (χ1) is 11.0. The second-order valence-corrected chi connectivity index (χ2v) is 5.43. The lowest BCUT2D eigenvalue weighted by Crippen LogP contribution is -2.31. The van der Waals surface area contributed by atoms with Crippen LogP contribution in [0.2, 0.25) is 5.02 Å². The summed E-state index contributed by atoms with van der Waals surface area (Å²) in [6.45, 7) is 1.64. The predicted octanol–water partition coefficient (Wildman–Crippen LogP) is 2.70. The summed E-state index contributed by atoms with van der Waals surface area (Å²) in [5.41, 5.74) is 6.43. The molecule has 6 heteroatoms. The highest BCUT2D eigenvalue weighted by Gasteiger charge is 2.13. The van der Waals surface area contributed by atoms with Crippen molar-refractivity contribution in [1.29, 1.82) is 0 Å². The number of amides is 2. The van der Waals surface area contributed by atoms with E-state index in [0.29, 0.717) is 5.02 Å². The second-order valence-electron chi connectivity index (χ2n) is 4.99.